The number of amides is 1. The molecule has 6 nitrogen and oxygen atoms in total. The zero-order valence-electron chi connectivity index (χ0n) is 13.6. The molecule has 2 aromatic carbocycles. The first-order valence-electron chi connectivity index (χ1n) is 7.78. The van der Waals surface area contributed by atoms with Gasteiger partial charge in [-0.1, -0.05) is 42.5 Å². The normalized spacial score (nSPS) is 13.6. The highest BCUT2D eigenvalue weighted by Crippen LogP contribution is 2.42. The van der Waals surface area contributed by atoms with E-state index in [1.54, 1.807) is 0 Å². The fraction of sp³-hybridized carbons (Fsp3) is 0.353. The van der Waals surface area contributed by atoms with E-state index < -0.39 is 13.5 Å². The van der Waals surface area contributed by atoms with Crippen molar-refractivity contribution in [3.63, 3.8) is 0 Å². The minimum atomic E-state index is -3.71. The number of hydroxylamine groups is 2. The molecule has 1 atom stereocenters. The van der Waals surface area contributed by atoms with E-state index in [0.717, 1.165) is 16.3 Å². The highest BCUT2D eigenvalue weighted by molar-refractivity contribution is 7.52. The van der Waals surface area contributed by atoms with Crippen molar-refractivity contribution in [1.82, 2.24) is 5.06 Å². The zero-order chi connectivity index (χ0) is 17.6. The van der Waals surface area contributed by atoms with Crippen molar-refractivity contribution in [3.8, 4) is 0 Å². The van der Waals surface area contributed by atoms with Crippen LogP contribution in [0.25, 0.3) is 10.8 Å². The topological polar surface area (TPSA) is 87.1 Å². The Hall–Kier alpha value is -1.72. The molecule has 0 aliphatic heterocycles. The number of carbonyl (C=O) groups excluding carboxylic acids is 1. The zero-order valence-corrected chi connectivity index (χ0v) is 14.5. The van der Waals surface area contributed by atoms with E-state index in [1.165, 1.54) is 6.92 Å². The first-order chi connectivity index (χ1) is 11.4. The number of nitrogens with zero attached hydrogens (tertiary/aromatic N) is 1. The SMILES string of the molecule is CC(=O)N(O)CCCP(=O)(O)OCCc1ccc2ccccc2c1. The number of rotatable bonds is 8. The third kappa shape index (κ3) is 5.73. The van der Waals surface area contributed by atoms with Gasteiger partial charge in [-0.15, -0.1) is 0 Å². The summed E-state index contributed by atoms with van der Waals surface area (Å²) >= 11 is 0. The van der Waals surface area contributed by atoms with E-state index in [4.69, 9.17) is 4.52 Å². The van der Waals surface area contributed by atoms with Gasteiger partial charge in [0.1, 0.15) is 0 Å². The molecular formula is C17H22NO5P. The Morgan fingerprint density at radius 2 is 1.92 bits per heavy atom. The van der Waals surface area contributed by atoms with Crippen LogP contribution in [0.15, 0.2) is 42.5 Å². The van der Waals surface area contributed by atoms with Crippen molar-refractivity contribution in [2.75, 3.05) is 19.3 Å². The number of carbonyl (C=O) groups is 1. The van der Waals surface area contributed by atoms with Gasteiger partial charge in [0.15, 0.2) is 0 Å². The Bertz CT molecular complexity index is 749. The fourth-order valence-electron chi connectivity index (χ4n) is 2.34. The second-order valence-corrected chi connectivity index (χ2v) is 7.60. The summed E-state index contributed by atoms with van der Waals surface area (Å²) in [6.45, 7) is 1.37. The summed E-state index contributed by atoms with van der Waals surface area (Å²) in [4.78, 5) is 20.6. The van der Waals surface area contributed by atoms with Gasteiger partial charge in [-0.25, -0.2) is 5.06 Å². The van der Waals surface area contributed by atoms with Crippen LogP contribution in [0.3, 0.4) is 0 Å². The van der Waals surface area contributed by atoms with Crippen LogP contribution >= 0.6 is 7.60 Å². The molecule has 2 rings (SSSR count). The van der Waals surface area contributed by atoms with Gasteiger partial charge in [-0.2, -0.15) is 0 Å². The maximum atomic E-state index is 11.9. The van der Waals surface area contributed by atoms with Gasteiger partial charge >= 0.3 is 7.60 Å². The molecule has 0 fully saturated rings. The Morgan fingerprint density at radius 1 is 1.21 bits per heavy atom. The number of benzene rings is 2. The second kappa shape index (κ2) is 8.40. The van der Waals surface area contributed by atoms with Crippen LogP contribution < -0.4 is 0 Å². The minimum Gasteiger partial charge on any atom is -0.324 e. The summed E-state index contributed by atoms with van der Waals surface area (Å²) in [6.07, 6.45) is 0.629. The Kier molecular flexibility index (Phi) is 6.52. The van der Waals surface area contributed by atoms with Gasteiger partial charge in [-0.3, -0.25) is 14.6 Å². The van der Waals surface area contributed by atoms with Crippen molar-refractivity contribution in [2.24, 2.45) is 0 Å². The second-order valence-electron chi connectivity index (χ2n) is 5.62. The van der Waals surface area contributed by atoms with Crippen molar-refractivity contribution >= 4 is 24.3 Å². The molecule has 24 heavy (non-hydrogen) atoms. The van der Waals surface area contributed by atoms with Crippen LogP contribution in [0.2, 0.25) is 0 Å². The van der Waals surface area contributed by atoms with Gasteiger partial charge in [0.25, 0.3) is 0 Å². The molecule has 0 saturated heterocycles. The summed E-state index contributed by atoms with van der Waals surface area (Å²) in [5, 5.41) is 12.0. The van der Waals surface area contributed by atoms with Crippen LogP contribution in [0, 0.1) is 0 Å². The molecule has 130 valence electrons. The largest absolute Gasteiger partial charge is 0.328 e. The van der Waals surface area contributed by atoms with Gasteiger partial charge in [0, 0.05) is 13.5 Å². The van der Waals surface area contributed by atoms with E-state index in [0.29, 0.717) is 11.5 Å². The van der Waals surface area contributed by atoms with Gasteiger partial charge < -0.3 is 9.42 Å². The number of hydrogen-bond donors (Lipinski definition) is 2. The molecule has 0 aromatic heterocycles. The Morgan fingerprint density at radius 3 is 2.62 bits per heavy atom. The highest BCUT2D eigenvalue weighted by Gasteiger charge is 2.19. The molecule has 2 aromatic rings. The molecule has 2 N–H and O–H groups in total. The molecule has 0 saturated carbocycles. The molecule has 0 heterocycles. The molecule has 0 bridgehead atoms. The van der Waals surface area contributed by atoms with Gasteiger partial charge in [-0.05, 0) is 29.2 Å². The molecule has 0 aliphatic carbocycles. The van der Waals surface area contributed by atoms with Crippen molar-refractivity contribution in [1.29, 1.82) is 0 Å². The van der Waals surface area contributed by atoms with Crippen LogP contribution in [0.5, 0.6) is 0 Å². The average Bonchev–Trinajstić information content (AvgIpc) is 2.54. The summed E-state index contributed by atoms with van der Waals surface area (Å²) in [5.41, 5.74) is 1.03. The van der Waals surface area contributed by atoms with E-state index >= 15 is 0 Å². The quantitative estimate of drug-likeness (QED) is 0.433. The Labute approximate surface area is 141 Å². The van der Waals surface area contributed by atoms with Crippen LogP contribution in [-0.4, -0.2) is 40.4 Å². The maximum absolute atomic E-state index is 11.9. The first-order valence-corrected chi connectivity index (χ1v) is 9.55. The van der Waals surface area contributed by atoms with Gasteiger partial charge in [0.05, 0.1) is 12.8 Å². The molecule has 1 unspecified atom stereocenters. The maximum Gasteiger partial charge on any atom is 0.328 e. The summed E-state index contributed by atoms with van der Waals surface area (Å²) in [6, 6.07) is 14.0. The lowest BCUT2D eigenvalue weighted by molar-refractivity contribution is -0.162. The Balaban J connectivity index is 1.79. The predicted molar refractivity (Wildman–Crippen MR) is 92.1 cm³/mol. The van der Waals surface area contributed by atoms with Crippen molar-refractivity contribution < 1.29 is 24.0 Å². The molecule has 0 spiro atoms. The molecule has 0 aliphatic rings. The lowest BCUT2D eigenvalue weighted by Gasteiger charge is -2.15. The van der Waals surface area contributed by atoms with Gasteiger partial charge in [0.2, 0.25) is 5.91 Å². The number of hydrogen-bond acceptors (Lipinski definition) is 4. The van der Waals surface area contributed by atoms with Crippen molar-refractivity contribution in [2.45, 2.75) is 19.8 Å². The van der Waals surface area contributed by atoms with E-state index in [1.807, 2.05) is 42.5 Å². The molecule has 1 amide bonds. The average molecular weight is 351 g/mol. The third-order valence-electron chi connectivity index (χ3n) is 3.67. The lowest BCUT2D eigenvalue weighted by atomic mass is 10.1. The minimum absolute atomic E-state index is 0.00786. The van der Waals surface area contributed by atoms with Crippen LogP contribution in [-0.2, 0) is 20.3 Å². The van der Waals surface area contributed by atoms with E-state index in [2.05, 4.69) is 0 Å². The third-order valence-corrected chi connectivity index (χ3v) is 5.14. The summed E-state index contributed by atoms with van der Waals surface area (Å²) < 4.78 is 17.0. The fourth-order valence-corrected chi connectivity index (χ4v) is 3.39. The molecular weight excluding hydrogens is 329 g/mol. The first kappa shape index (κ1) is 18.6. The molecule has 7 heteroatoms. The van der Waals surface area contributed by atoms with Crippen molar-refractivity contribution in [3.05, 3.63) is 48.0 Å². The molecule has 0 radical (unpaired) electrons. The van der Waals surface area contributed by atoms with E-state index in [-0.39, 0.29) is 25.7 Å². The highest BCUT2D eigenvalue weighted by atomic mass is 31.2. The van der Waals surface area contributed by atoms with E-state index in [9.17, 15) is 19.5 Å². The predicted octanol–water partition coefficient (Wildman–Crippen LogP) is 3.21. The summed E-state index contributed by atoms with van der Waals surface area (Å²) in [7, 11) is -3.71. The number of fused-ring (bicyclic) bond motifs is 1. The summed E-state index contributed by atoms with van der Waals surface area (Å²) in [5.74, 6) is -0.500. The standard InChI is InChI=1S/C17H22NO5P/c1-14(19)18(20)10-4-12-24(21,22)23-11-9-15-7-8-16-5-2-3-6-17(16)13-15/h2-3,5-8,13,20H,4,9-12H2,1H3,(H,21,22). The lowest BCUT2D eigenvalue weighted by Crippen LogP contribution is -2.26. The smallest absolute Gasteiger partial charge is 0.324 e. The van der Waals surface area contributed by atoms with Crippen LogP contribution in [0.4, 0.5) is 0 Å². The van der Waals surface area contributed by atoms with Crippen LogP contribution in [0.1, 0.15) is 18.9 Å². The monoisotopic (exact) mass is 351 g/mol.